The number of nitrogens with one attached hydrogen (secondary N) is 1. The van der Waals surface area contributed by atoms with Gasteiger partial charge < -0.3 is 19.9 Å². The van der Waals surface area contributed by atoms with Gasteiger partial charge in [0.2, 0.25) is 0 Å². The summed E-state index contributed by atoms with van der Waals surface area (Å²) in [6, 6.07) is 8.34. The lowest BCUT2D eigenvalue weighted by molar-refractivity contribution is 0.0299. The summed E-state index contributed by atoms with van der Waals surface area (Å²) in [5.74, 6) is -0.102. The van der Waals surface area contributed by atoms with Crippen molar-refractivity contribution in [2.24, 2.45) is 0 Å². The third-order valence-electron chi connectivity index (χ3n) is 6.20. The van der Waals surface area contributed by atoms with Crippen LogP contribution in [0.2, 0.25) is 0 Å². The van der Waals surface area contributed by atoms with Gasteiger partial charge in [-0.25, -0.2) is 4.79 Å². The molecule has 0 radical (unpaired) electrons. The number of carbonyl (C=O) groups excluding carboxylic acids is 2. The van der Waals surface area contributed by atoms with Crippen molar-refractivity contribution in [3.63, 3.8) is 0 Å². The number of hydrogen-bond donors (Lipinski definition) is 1. The van der Waals surface area contributed by atoms with E-state index >= 15 is 0 Å². The first-order valence-electron chi connectivity index (χ1n) is 11.5. The maximum Gasteiger partial charge on any atom is 0.317 e. The number of ether oxygens (including phenoxy) is 1. The molecule has 1 aromatic heterocycles. The van der Waals surface area contributed by atoms with E-state index in [0.29, 0.717) is 45.1 Å². The number of carbonyl (C=O) groups is 2. The third-order valence-corrected chi connectivity index (χ3v) is 6.20. The molecule has 2 aliphatic rings. The van der Waals surface area contributed by atoms with E-state index in [9.17, 15) is 9.59 Å². The molecule has 1 aromatic carbocycles. The first-order valence-corrected chi connectivity index (χ1v) is 11.5. The molecule has 3 amide bonds. The second-order valence-corrected chi connectivity index (χ2v) is 8.55. The van der Waals surface area contributed by atoms with Crippen LogP contribution in [-0.2, 0) is 17.8 Å². The predicted octanol–water partition coefficient (Wildman–Crippen LogP) is 2.21. The standard InChI is InChI=1S/C23H32N6O3/c1-18-5-7-19(8-6-18)16-24-23(31)29-10-3-2-4-20(29)9-11-28-17-21(25-26-28)22(30)27-12-14-32-15-13-27/h5-8,17,20H,2-4,9-16H2,1H3,(H,24,31). The maximum absolute atomic E-state index is 12.8. The van der Waals surface area contributed by atoms with Crippen molar-refractivity contribution in [1.29, 1.82) is 0 Å². The van der Waals surface area contributed by atoms with Crippen molar-refractivity contribution in [2.75, 3.05) is 32.8 Å². The second kappa shape index (κ2) is 10.6. The van der Waals surface area contributed by atoms with E-state index in [1.807, 2.05) is 17.0 Å². The molecule has 1 atom stereocenters. The van der Waals surface area contributed by atoms with Gasteiger partial charge in [-0.15, -0.1) is 5.10 Å². The molecule has 0 saturated carbocycles. The summed E-state index contributed by atoms with van der Waals surface area (Å²) in [5.41, 5.74) is 2.67. The van der Waals surface area contributed by atoms with E-state index in [2.05, 4.69) is 34.7 Å². The number of amides is 3. The van der Waals surface area contributed by atoms with Crippen molar-refractivity contribution in [3.05, 3.63) is 47.3 Å². The topological polar surface area (TPSA) is 92.6 Å². The van der Waals surface area contributed by atoms with E-state index in [1.165, 1.54) is 5.56 Å². The Morgan fingerprint density at radius 1 is 1.12 bits per heavy atom. The highest BCUT2D eigenvalue weighted by molar-refractivity contribution is 5.92. The van der Waals surface area contributed by atoms with Crippen LogP contribution in [0.4, 0.5) is 4.79 Å². The molecule has 1 unspecified atom stereocenters. The summed E-state index contributed by atoms with van der Waals surface area (Å²) in [7, 11) is 0. The van der Waals surface area contributed by atoms with Gasteiger partial charge >= 0.3 is 6.03 Å². The van der Waals surface area contributed by atoms with Crippen LogP contribution >= 0.6 is 0 Å². The number of aryl methyl sites for hydroxylation is 2. The van der Waals surface area contributed by atoms with Gasteiger partial charge in [-0.05, 0) is 38.2 Å². The van der Waals surface area contributed by atoms with Gasteiger partial charge in [0, 0.05) is 38.8 Å². The molecule has 2 aromatic rings. The predicted molar refractivity (Wildman–Crippen MR) is 119 cm³/mol. The molecule has 4 rings (SSSR count). The van der Waals surface area contributed by atoms with E-state index in [4.69, 9.17) is 4.74 Å². The molecule has 2 saturated heterocycles. The van der Waals surface area contributed by atoms with E-state index in [-0.39, 0.29) is 18.0 Å². The summed E-state index contributed by atoms with van der Waals surface area (Å²) in [6.07, 6.45) is 5.61. The number of likely N-dealkylation sites (tertiary alicyclic amines) is 1. The van der Waals surface area contributed by atoms with Crippen LogP contribution in [0.5, 0.6) is 0 Å². The quantitative estimate of drug-likeness (QED) is 0.744. The molecule has 172 valence electrons. The molecule has 32 heavy (non-hydrogen) atoms. The number of piperidine rings is 1. The van der Waals surface area contributed by atoms with Crippen molar-refractivity contribution < 1.29 is 14.3 Å². The molecule has 0 spiro atoms. The Balaban J connectivity index is 1.29. The van der Waals surface area contributed by atoms with Gasteiger partial charge in [0.15, 0.2) is 5.69 Å². The van der Waals surface area contributed by atoms with Gasteiger partial charge in [-0.2, -0.15) is 0 Å². The molecule has 2 aliphatic heterocycles. The second-order valence-electron chi connectivity index (χ2n) is 8.55. The average molecular weight is 441 g/mol. The number of aromatic nitrogens is 3. The Labute approximate surface area is 188 Å². The fraction of sp³-hybridized carbons (Fsp3) is 0.565. The minimum absolute atomic E-state index is 0.0166. The highest BCUT2D eigenvalue weighted by atomic mass is 16.5. The highest BCUT2D eigenvalue weighted by Gasteiger charge is 2.27. The van der Waals surface area contributed by atoms with Crippen molar-refractivity contribution in [1.82, 2.24) is 30.1 Å². The minimum atomic E-state index is -0.102. The van der Waals surface area contributed by atoms with Crippen LogP contribution < -0.4 is 5.32 Å². The summed E-state index contributed by atoms with van der Waals surface area (Å²) in [6.45, 7) is 6.25. The SMILES string of the molecule is Cc1ccc(CNC(=O)N2CCCCC2CCn2cc(C(=O)N3CCOCC3)nn2)cc1. The number of urea groups is 1. The van der Waals surface area contributed by atoms with Crippen LogP contribution in [0.15, 0.2) is 30.5 Å². The smallest absolute Gasteiger partial charge is 0.317 e. The van der Waals surface area contributed by atoms with Crippen molar-refractivity contribution >= 4 is 11.9 Å². The average Bonchev–Trinajstić information content (AvgIpc) is 3.31. The van der Waals surface area contributed by atoms with Gasteiger partial charge in [-0.1, -0.05) is 35.0 Å². The molecule has 2 fully saturated rings. The Morgan fingerprint density at radius 2 is 1.91 bits per heavy atom. The fourth-order valence-corrected chi connectivity index (χ4v) is 4.27. The minimum Gasteiger partial charge on any atom is -0.378 e. The van der Waals surface area contributed by atoms with Gasteiger partial charge in [0.05, 0.1) is 19.4 Å². The molecule has 1 N–H and O–H groups in total. The van der Waals surface area contributed by atoms with E-state index < -0.39 is 0 Å². The van der Waals surface area contributed by atoms with Crippen LogP contribution in [0.1, 0.15) is 47.3 Å². The zero-order valence-corrected chi connectivity index (χ0v) is 18.7. The third kappa shape index (κ3) is 5.64. The lowest BCUT2D eigenvalue weighted by atomic mass is 10.00. The Hall–Kier alpha value is -2.94. The summed E-state index contributed by atoms with van der Waals surface area (Å²) < 4.78 is 7.01. The Morgan fingerprint density at radius 3 is 2.69 bits per heavy atom. The van der Waals surface area contributed by atoms with Crippen molar-refractivity contribution in [2.45, 2.75) is 51.7 Å². The molecular formula is C23H32N6O3. The number of rotatable bonds is 6. The van der Waals surface area contributed by atoms with Crippen LogP contribution in [0.25, 0.3) is 0 Å². The van der Waals surface area contributed by atoms with Crippen LogP contribution in [0, 0.1) is 6.92 Å². The first-order chi connectivity index (χ1) is 15.6. The van der Waals surface area contributed by atoms with E-state index in [0.717, 1.165) is 37.8 Å². The summed E-state index contributed by atoms with van der Waals surface area (Å²) >= 11 is 0. The van der Waals surface area contributed by atoms with Crippen molar-refractivity contribution in [3.8, 4) is 0 Å². The lowest BCUT2D eigenvalue weighted by Crippen LogP contribution is -2.48. The Bertz CT molecular complexity index is 907. The zero-order chi connectivity index (χ0) is 22.3. The largest absolute Gasteiger partial charge is 0.378 e. The first kappa shape index (κ1) is 22.3. The number of hydrogen-bond acceptors (Lipinski definition) is 5. The lowest BCUT2D eigenvalue weighted by Gasteiger charge is -2.35. The van der Waals surface area contributed by atoms with Gasteiger partial charge in [-0.3, -0.25) is 9.48 Å². The molecule has 9 heteroatoms. The monoisotopic (exact) mass is 440 g/mol. The van der Waals surface area contributed by atoms with Crippen LogP contribution in [0.3, 0.4) is 0 Å². The molecule has 3 heterocycles. The zero-order valence-electron chi connectivity index (χ0n) is 18.7. The summed E-state index contributed by atoms with van der Waals surface area (Å²) in [5, 5.41) is 11.3. The van der Waals surface area contributed by atoms with Gasteiger partial charge in [0.1, 0.15) is 0 Å². The van der Waals surface area contributed by atoms with Crippen LogP contribution in [-0.4, -0.2) is 75.6 Å². The number of morpholine rings is 1. The summed E-state index contributed by atoms with van der Waals surface area (Å²) in [4.78, 5) is 29.1. The molecule has 9 nitrogen and oxygen atoms in total. The van der Waals surface area contributed by atoms with Gasteiger partial charge in [0.25, 0.3) is 5.91 Å². The Kier molecular flexibility index (Phi) is 7.36. The highest BCUT2D eigenvalue weighted by Crippen LogP contribution is 2.20. The molecule has 0 aliphatic carbocycles. The normalized spacial score (nSPS) is 19.1. The fourth-order valence-electron chi connectivity index (χ4n) is 4.27. The molecular weight excluding hydrogens is 408 g/mol. The molecule has 0 bridgehead atoms. The van der Waals surface area contributed by atoms with E-state index in [1.54, 1.807) is 15.8 Å². The number of benzene rings is 1. The maximum atomic E-state index is 12.8. The number of nitrogens with zero attached hydrogens (tertiary/aromatic N) is 5.